The van der Waals surface area contributed by atoms with Crippen LogP contribution in [0, 0.1) is 0 Å². The quantitative estimate of drug-likeness (QED) is 0.527. The van der Waals surface area contributed by atoms with Gasteiger partial charge in [0.2, 0.25) is 0 Å². The highest BCUT2D eigenvalue weighted by Gasteiger charge is 2.39. The number of ether oxygens (including phenoxy) is 2. The fourth-order valence-corrected chi connectivity index (χ4v) is 0.955. The largest absolute Gasteiger partial charge is 0.388 e. The minimum Gasteiger partial charge on any atom is -0.388 e. The Morgan fingerprint density at radius 3 is 2.73 bits per heavy atom. The zero-order valence-electron chi connectivity index (χ0n) is 6.11. The fraction of sp³-hybridized carbons (Fsp3) is 1.00. The smallest absolute Gasteiger partial charge is 0.191 e. The molecule has 0 aromatic carbocycles. The molecule has 1 heterocycles. The number of aliphatic hydroxyl groups is 2. The number of aliphatic hydroxyl groups excluding tert-OH is 2. The van der Waals surface area contributed by atoms with Gasteiger partial charge in [0.25, 0.3) is 0 Å². The molecule has 11 heavy (non-hydrogen) atoms. The molecule has 1 aliphatic heterocycles. The van der Waals surface area contributed by atoms with Crippen molar-refractivity contribution in [3.63, 3.8) is 0 Å². The summed E-state index contributed by atoms with van der Waals surface area (Å²) in [7, 11) is 1.28. The maximum Gasteiger partial charge on any atom is 0.191 e. The summed E-state index contributed by atoms with van der Waals surface area (Å²) in [5.41, 5.74) is 0. The van der Waals surface area contributed by atoms with Gasteiger partial charge in [-0.3, -0.25) is 0 Å². The van der Waals surface area contributed by atoms with E-state index in [2.05, 4.69) is 4.74 Å². The molecule has 1 aliphatic rings. The van der Waals surface area contributed by atoms with Crippen molar-refractivity contribution < 1.29 is 24.1 Å². The molecule has 0 unspecified atom stereocenters. The third-order valence-electron chi connectivity index (χ3n) is 1.64. The van der Waals surface area contributed by atoms with Gasteiger partial charge in [0.1, 0.15) is 12.2 Å². The molecule has 0 amide bonds. The predicted octanol–water partition coefficient (Wildman–Crippen LogP) is -0.951. The fourth-order valence-electron chi connectivity index (χ4n) is 0.955. The van der Waals surface area contributed by atoms with E-state index in [0.29, 0.717) is 0 Å². The highest BCUT2D eigenvalue weighted by Crippen LogP contribution is 2.18. The van der Waals surface area contributed by atoms with Crippen LogP contribution in [0.5, 0.6) is 0 Å². The molecular weight excluding hydrogens is 155 g/mol. The molecule has 2 N–H and O–H groups in total. The third-order valence-corrected chi connectivity index (χ3v) is 1.64. The summed E-state index contributed by atoms with van der Waals surface area (Å²) < 4.78 is 22.1. The molecule has 0 saturated carbocycles. The van der Waals surface area contributed by atoms with Crippen LogP contribution in [0.4, 0.5) is 4.39 Å². The van der Waals surface area contributed by atoms with Gasteiger partial charge in [0, 0.05) is 7.11 Å². The molecular formula is C6H11FO4. The van der Waals surface area contributed by atoms with Crippen molar-refractivity contribution in [1.29, 1.82) is 0 Å². The SMILES string of the molecule is CO[C@@H]1OC[C@@H](O)[C@@H](O)[C@@H]1F. The second-order valence-electron chi connectivity index (χ2n) is 2.44. The zero-order valence-corrected chi connectivity index (χ0v) is 6.11. The molecule has 5 heteroatoms. The second kappa shape index (κ2) is 3.44. The topological polar surface area (TPSA) is 58.9 Å². The Labute approximate surface area is 63.5 Å². The monoisotopic (exact) mass is 166 g/mol. The molecule has 66 valence electrons. The summed E-state index contributed by atoms with van der Waals surface area (Å²) in [5, 5.41) is 17.9. The van der Waals surface area contributed by atoms with Gasteiger partial charge >= 0.3 is 0 Å². The van der Waals surface area contributed by atoms with E-state index >= 15 is 0 Å². The number of rotatable bonds is 1. The Morgan fingerprint density at radius 2 is 2.18 bits per heavy atom. The highest BCUT2D eigenvalue weighted by molar-refractivity contribution is 4.82. The van der Waals surface area contributed by atoms with E-state index in [-0.39, 0.29) is 6.61 Å². The van der Waals surface area contributed by atoms with Crippen LogP contribution < -0.4 is 0 Å². The van der Waals surface area contributed by atoms with Crippen LogP contribution in [0.2, 0.25) is 0 Å². The Bertz CT molecular complexity index is 130. The summed E-state index contributed by atoms with van der Waals surface area (Å²) in [6.07, 6.45) is -5.30. The lowest BCUT2D eigenvalue weighted by Crippen LogP contribution is -2.51. The van der Waals surface area contributed by atoms with Crippen LogP contribution in [0.1, 0.15) is 0 Å². The van der Waals surface area contributed by atoms with Gasteiger partial charge in [-0.2, -0.15) is 0 Å². The van der Waals surface area contributed by atoms with Crippen molar-refractivity contribution >= 4 is 0 Å². The van der Waals surface area contributed by atoms with E-state index in [1.807, 2.05) is 0 Å². The minimum atomic E-state index is -1.68. The number of halogens is 1. The summed E-state index contributed by atoms with van der Waals surface area (Å²) >= 11 is 0. The van der Waals surface area contributed by atoms with Crippen molar-refractivity contribution in [3.05, 3.63) is 0 Å². The first-order chi connectivity index (χ1) is 5.16. The molecule has 0 bridgehead atoms. The van der Waals surface area contributed by atoms with Crippen LogP contribution in [0.3, 0.4) is 0 Å². The van der Waals surface area contributed by atoms with Crippen LogP contribution >= 0.6 is 0 Å². The standard InChI is InChI=1S/C6H11FO4/c1-10-6-4(7)5(9)3(8)2-11-6/h3-6,8-9H,2H2,1H3/t3-,4+,5-,6-/m1/s1. The van der Waals surface area contributed by atoms with Crippen molar-refractivity contribution in [1.82, 2.24) is 0 Å². The first-order valence-electron chi connectivity index (χ1n) is 3.31. The Kier molecular flexibility index (Phi) is 2.78. The molecule has 0 aromatic heterocycles. The third kappa shape index (κ3) is 1.67. The van der Waals surface area contributed by atoms with Crippen molar-refractivity contribution in [2.75, 3.05) is 13.7 Å². The first kappa shape index (κ1) is 8.86. The molecule has 0 radical (unpaired) electrons. The van der Waals surface area contributed by atoms with Gasteiger partial charge in [-0.1, -0.05) is 0 Å². The molecule has 0 aliphatic carbocycles. The van der Waals surface area contributed by atoms with Crippen molar-refractivity contribution in [2.45, 2.75) is 24.7 Å². The zero-order chi connectivity index (χ0) is 8.43. The molecule has 0 aromatic rings. The van der Waals surface area contributed by atoms with Crippen LogP contribution in [0.15, 0.2) is 0 Å². The minimum absolute atomic E-state index is 0.0971. The second-order valence-corrected chi connectivity index (χ2v) is 2.44. The van der Waals surface area contributed by atoms with Crippen LogP contribution in [-0.2, 0) is 9.47 Å². The molecule has 1 fully saturated rings. The lowest BCUT2D eigenvalue weighted by molar-refractivity contribution is -0.243. The van der Waals surface area contributed by atoms with E-state index in [1.165, 1.54) is 7.11 Å². The van der Waals surface area contributed by atoms with Gasteiger partial charge in [0.15, 0.2) is 12.5 Å². The number of hydrogen-bond donors (Lipinski definition) is 2. The van der Waals surface area contributed by atoms with Gasteiger partial charge in [0.05, 0.1) is 6.61 Å². The van der Waals surface area contributed by atoms with Crippen molar-refractivity contribution in [3.8, 4) is 0 Å². The predicted molar refractivity (Wildman–Crippen MR) is 33.7 cm³/mol. The van der Waals surface area contributed by atoms with Crippen LogP contribution in [-0.4, -0.2) is 48.6 Å². The first-order valence-corrected chi connectivity index (χ1v) is 3.31. The van der Waals surface area contributed by atoms with Gasteiger partial charge in [-0.15, -0.1) is 0 Å². The van der Waals surface area contributed by atoms with Gasteiger partial charge < -0.3 is 19.7 Å². The number of methoxy groups -OCH3 is 1. The molecule has 4 nitrogen and oxygen atoms in total. The summed E-state index contributed by atoms with van der Waals surface area (Å²) in [6.45, 7) is -0.0971. The maximum absolute atomic E-state index is 12.8. The Balaban J connectivity index is 2.52. The van der Waals surface area contributed by atoms with E-state index in [9.17, 15) is 4.39 Å². The number of hydrogen-bond acceptors (Lipinski definition) is 4. The molecule has 4 atom stereocenters. The average Bonchev–Trinajstić information content (AvgIpc) is 2.01. The van der Waals surface area contributed by atoms with E-state index < -0.39 is 24.7 Å². The highest BCUT2D eigenvalue weighted by atomic mass is 19.1. The average molecular weight is 166 g/mol. The number of alkyl halides is 1. The Morgan fingerprint density at radius 1 is 1.55 bits per heavy atom. The molecule has 1 rings (SSSR count). The summed E-state index contributed by atoms with van der Waals surface area (Å²) in [5.74, 6) is 0. The molecule has 1 saturated heterocycles. The lowest BCUT2D eigenvalue weighted by atomic mass is 10.1. The van der Waals surface area contributed by atoms with E-state index in [1.54, 1.807) is 0 Å². The van der Waals surface area contributed by atoms with Gasteiger partial charge in [-0.25, -0.2) is 4.39 Å². The normalized spacial score (nSPS) is 45.8. The summed E-state index contributed by atoms with van der Waals surface area (Å²) in [6, 6.07) is 0. The van der Waals surface area contributed by atoms with Crippen LogP contribution in [0.25, 0.3) is 0 Å². The van der Waals surface area contributed by atoms with E-state index in [4.69, 9.17) is 14.9 Å². The maximum atomic E-state index is 12.8. The molecule has 0 spiro atoms. The Hall–Kier alpha value is -0.230. The lowest BCUT2D eigenvalue weighted by Gasteiger charge is -2.32. The van der Waals surface area contributed by atoms with Crippen molar-refractivity contribution in [2.24, 2.45) is 0 Å². The van der Waals surface area contributed by atoms with Gasteiger partial charge in [-0.05, 0) is 0 Å². The summed E-state index contributed by atoms with van der Waals surface area (Å²) in [4.78, 5) is 0. The van der Waals surface area contributed by atoms with E-state index in [0.717, 1.165) is 0 Å².